The molecule has 0 radical (unpaired) electrons. The Bertz CT molecular complexity index is 300. The standard InChI is InChI=1S/C12H23NO2Si/c1-10(2)12-8-6-7-11(12)9-14-13(12)15-16(3,4)5/h11H,1,6-9H2,2-5H3/t11-,12+/m0/s1. The highest BCUT2D eigenvalue weighted by Gasteiger charge is 2.55. The molecular weight excluding hydrogens is 218 g/mol. The maximum absolute atomic E-state index is 6.07. The molecule has 2 fully saturated rings. The first-order valence-corrected chi connectivity index (χ1v) is 9.55. The second-order valence-electron chi connectivity index (χ2n) is 6.05. The van der Waals surface area contributed by atoms with Gasteiger partial charge in [-0.1, -0.05) is 23.8 Å². The lowest BCUT2D eigenvalue weighted by atomic mass is 9.83. The van der Waals surface area contributed by atoms with Gasteiger partial charge in [-0.25, -0.2) is 0 Å². The van der Waals surface area contributed by atoms with Crippen molar-refractivity contribution in [2.24, 2.45) is 5.92 Å². The molecule has 1 saturated carbocycles. The topological polar surface area (TPSA) is 21.7 Å². The molecule has 0 unspecified atom stereocenters. The lowest BCUT2D eigenvalue weighted by Gasteiger charge is -2.38. The molecule has 16 heavy (non-hydrogen) atoms. The van der Waals surface area contributed by atoms with Crippen molar-refractivity contribution in [2.45, 2.75) is 51.4 Å². The third kappa shape index (κ3) is 1.88. The molecule has 2 atom stereocenters. The summed E-state index contributed by atoms with van der Waals surface area (Å²) in [4.78, 5) is 5.75. The monoisotopic (exact) mass is 241 g/mol. The van der Waals surface area contributed by atoms with Crippen LogP contribution in [0, 0.1) is 5.92 Å². The van der Waals surface area contributed by atoms with E-state index in [0.717, 1.165) is 13.0 Å². The fraction of sp³-hybridized carbons (Fsp3) is 0.833. The fourth-order valence-electron chi connectivity index (χ4n) is 2.87. The Labute approximate surface area is 99.5 Å². The van der Waals surface area contributed by atoms with Crippen LogP contribution in [0.25, 0.3) is 0 Å². The molecule has 0 aromatic rings. The van der Waals surface area contributed by atoms with Crippen molar-refractivity contribution in [2.75, 3.05) is 6.61 Å². The number of rotatable bonds is 3. The summed E-state index contributed by atoms with van der Waals surface area (Å²) in [6.07, 6.45) is 3.61. The SMILES string of the molecule is C=C(C)[C@]12CCC[C@H]1CON2O[Si](C)(C)C. The normalized spacial score (nSPS) is 35.4. The van der Waals surface area contributed by atoms with E-state index in [4.69, 9.17) is 9.36 Å². The molecule has 1 aliphatic heterocycles. The number of hydrogen-bond donors (Lipinski definition) is 0. The van der Waals surface area contributed by atoms with Crippen LogP contribution in [0.15, 0.2) is 12.2 Å². The van der Waals surface area contributed by atoms with Gasteiger partial charge < -0.3 is 4.53 Å². The van der Waals surface area contributed by atoms with Crippen LogP contribution < -0.4 is 0 Å². The van der Waals surface area contributed by atoms with E-state index in [2.05, 4.69) is 33.1 Å². The van der Waals surface area contributed by atoms with E-state index in [-0.39, 0.29) is 5.54 Å². The minimum absolute atomic E-state index is 0.0414. The maximum Gasteiger partial charge on any atom is 0.215 e. The van der Waals surface area contributed by atoms with E-state index in [9.17, 15) is 0 Å². The minimum Gasteiger partial charge on any atom is -0.320 e. The van der Waals surface area contributed by atoms with Crippen LogP contribution in [0.3, 0.4) is 0 Å². The average molecular weight is 241 g/mol. The quantitative estimate of drug-likeness (QED) is 0.560. The smallest absolute Gasteiger partial charge is 0.215 e. The van der Waals surface area contributed by atoms with Crippen molar-refractivity contribution in [3.63, 3.8) is 0 Å². The molecule has 1 saturated heterocycles. The first-order chi connectivity index (χ1) is 7.36. The van der Waals surface area contributed by atoms with E-state index in [1.54, 1.807) is 5.23 Å². The van der Waals surface area contributed by atoms with Gasteiger partial charge in [0.2, 0.25) is 8.32 Å². The molecule has 0 N–H and O–H groups in total. The lowest BCUT2D eigenvalue weighted by molar-refractivity contribution is -0.329. The Hall–Kier alpha value is -0.163. The Kier molecular flexibility index (Phi) is 3.03. The second-order valence-corrected chi connectivity index (χ2v) is 10.5. The molecule has 3 nitrogen and oxygen atoms in total. The van der Waals surface area contributed by atoms with Crippen LogP contribution in [-0.4, -0.2) is 25.7 Å². The largest absolute Gasteiger partial charge is 0.320 e. The van der Waals surface area contributed by atoms with Gasteiger partial charge in [-0.05, 0) is 39.4 Å². The molecule has 1 aliphatic carbocycles. The zero-order chi connectivity index (χ0) is 12.0. The van der Waals surface area contributed by atoms with Crippen LogP contribution in [0.4, 0.5) is 0 Å². The first-order valence-electron chi connectivity index (χ1n) is 6.14. The zero-order valence-electron chi connectivity index (χ0n) is 10.9. The van der Waals surface area contributed by atoms with Gasteiger partial charge in [0.15, 0.2) is 0 Å². The van der Waals surface area contributed by atoms with Crippen molar-refractivity contribution in [3.05, 3.63) is 12.2 Å². The van der Waals surface area contributed by atoms with Crippen molar-refractivity contribution >= 4 is 8.32 Å². The van der Waals surface area contributed by atoms with Gasteiger partial charge >= 0.3 is 0 Å². The molecule has 0 spiro atoms. The molecule has 0 bridgehead atoms. The first kappa shape index (κ1) is 12.3. The molecule has 1 heterocycles. The second kappa shape index (κ2) is 3.94. The van der Waals surface area contributed by atoms with Crippen molar-refractivity contribution in [3.8, 4) is 0 Å². The Morgan fingerprint density at radius 3 is 2.75 bits per heavy atom. The molecular formula is C12H23NO2Si. The number of hydrogen-bond acceptors (Lipinski definition) is 3. The van der Waals surface area contributed by atoms with Crippen LogP contribution >= 0.6 is 0 Å². The number of fused-ring (bicyclic) bond motifs is 1. The summed E-state index contributed by atoms with van der Waals surface area (Å²) in [5.74, 6) is 0.571. The summed E-state index contributed by atoms with van der Waals surface area (Å²) in [7, 11) is -1.62. The van der Waals surface area contributed by atoms with E-state index < -0.39 is 8.32 Å². The summed E-state index contributed by atoms with van der Waals surface area (Å²) in [5.41, 5.74) is 1.14. The Morgan fingerprint density at radius 2 is 2.19 bits per heavy atom. The van der Waals surface area contributed by atoms with Gasteiger partial charge in [0, 0.05) is 5.92 Å². The zero-order valence-corrected chi connectivity index (χ0v) is 11.9. The third-order valence-corrected chi connectivity index (χ3v) is 4.31. The predicted octanol–water partition coefficient (Wildman–Crippen LogP) is 3.12. The summed E-state index contributed by atoms with van der Waals surface area (Å²) >= 11 is 0. The van der Waals surface area contributed by atoms with E-state index in [1.807, 2.05) is 0 Å². The fourth-order valence-corrected chi connectivity index (χ4v) is 3.58. The highest BCUT2D eigenvalue weighted by Crippen LogP contribution is 2.49. The summed E-state index contributed by atoms with van der Waals surface area (Å²) in [5, 5.41) is 1.80. The van der Waals surface area contributed by atoms with Crippen LogP contribution in [-0.2, 0) is 9.36 Å². The molecule has 0 aromatic heterocycles. The van der Waals surface area contributed by atoms with Gasteiger partial charge in [0.05, 0.1) is 12.1 Å². The van der Waals surface area contributed by atoms with Gasteiger partial charge in [-0.3, -0.25) is 4.84 Å². The van der Waals surface area contributed by atoms with Gasteiger partial charge in [-0.15, -0.1) is 0 Å². The number of hydroxylamine groups is 2. The van der Waals surface area contributed by atoms with Gasteiger partial charge in [0.25, 0.3) is 0 Å². The van der Waals surface area contributed by atoms with Gasteiger partial charge in [-0.2, -0.15) is 0 Å². The van der Waals surface area contributed by atoms with E-state index in [1.165, 1.54) is 18.4 Å². The van der Waals surface area contributed by atoms with E-state index in [0.29, 0.717) is 5.92 Å². The highest BCUT2D eigenvalue weighted by atomic mass is 28.4. The van der Waals surface area contributed by atoms with Crippen LogP contribution in [0.5, 0.6) is 0 Å². The molecule has 92 valence electrons. The molecule has 0 amide bonds. The Morgan fingerprint density at radius 1 is 1.50 bits per heavy atom. The highest BCUT2D eigenvalue weighted by molar-refractivity contribution is 6.69. The van der Waals surface area contributed by atoms with Crippen molar-refractivity contribution in [1.82, 2.24) is 5.23 Å². The van der Waals surface area contributed by atoms with Crippen molar-refractivity contribution in [1.29, 1.82) is 0 Å². The molecule has 0 aromatic carbocycles. The van der Waals surface area contributed by atoms with Crippen molar-refractivity contribution < 1.29 is 9.36 Å². The minimum atomic E-state index is -1.62. The molecule has 2 rings (SSSR count). The summed E-state index contributed by atoms with van der Waals surface area (Å²) in [6, 6.07) is 0. The lowest BCUT2D eigenvalue weighted by Crippen LogP contribution is -2.49. The molecule has 4 heteroatoms. The predicted molar refractivity (Wildman–Crippen MR) is 67.1 cm³/mol. The third-order valence-electron chi connectivity index (χ3n) is 3.60. The summed E-state index contributed by atoms with van der Waals surface area (Å²) < 4.78 is 6.07. The van der Waals surface area contributed by atoms with E-state index >= 15 is 0 Å². The summed E-state index contributed by atoms with van der Waals surface area (Å²) in [6.45, 7) is 13.6. The van der Waals surface area contributed by atoms with Crippen LogP contribution in [0.1, 0.15) is 26.2 Å². The molecule has 2 aliphatic rings. The van der Waals surface area contributed by atoms with Gasteiger partial charge in [0.1, 0.15) is 0 Å². The average Bonchev–Trinajstić information content (AvgIpc) is 2.64. The Balaban J connectivity index is 2.23. The van der Waals surface area contributed by atoms with Crippen LogP contribution in [0.2, 0.25) is 19.6 Å². The maximum atomic E-state index is 6.07. The number of nitrogens with zero attached hydrogens (tertiary/aromatic N) is 1.